The Hall–Kier alpha value is -0.870. The summed E-state index contributed by atoms with van der Waals surface area (Å²) in [5.74, 6) is 1.31. The van der Waals surface area contributed by atoms with Gasteiger partial charge in [-0.15, -0.1) is 0 Å². The van der Waals surface area contributed by atoms with Crippen molar-refractivity contribution in [3.05, 3.63) is 27.4 Å². The van der Waals surface area contributed by atoms with E-state index in [1.54, 1.807) is 0 Å². The second-order valence-electron chi connectivity index (χ2n) is 3.57. The van der Waals surface area contributed by atoms with Gasteiger partial charge >= 0.3 is 0 Å². The maximum Gasteiger partial charge on any atom is 0.269 e. The Morgan fingerprint density at radius 2 is 2.50 bits per heavy atom. The molecule has 2 heterocycles. The highest BCUT2D eigenvalue weighted by atomic mass is 35.5. The molecule has 0 amide bonds. The Labute approximate surface area is 86.7 Å². The molecule has 0 radical (unpaired) electrons. The minimum atomic E-state index is -0.248. The summed E-state index contributed by atoms with van der Waals surface area (Å²) in [6, 6.07) is 0. The van der Waals surface area contributed by atoms with Gasteiger partial charge in [0.15, 0.2) is 0 Å². The van der Waals surface area contributed by atoms with E-state index in [1.807, 2.05) is 0 Å². The fourth-order valence-corrected chi connectivity index (χ4v) is 1.78. The van der Waals surface area contributed by atoms with Gasteiger partial charge in [-0.25, -0.2) is 4.98 Å². The first-order valence-electron chi connectivity index (χ1n) is 4.70. The zero-order chi connectivity index (χ0) is 9.97. The quantitative estimate of drug-likeness (QED) is 0.756. The SMILES string of the molecule is O=c1[nH]c(CC2CCNC2)ncc1Cl. The van der Waals surface area contributed by atoms with Gasteiger partial charge in [0, 0.05) is 6.42 Å². The van der Waals surface area contributed by atoms with Crippen LogP contribution in [-0.2, 0) is 6.42 Å². The van der Waals surface area contributed by atoms with Crippen molar-refractivity contribution >= 4 is 11.6 Å². The molecule has 0 aliphatic carbocycles. The van der Waals surface area contributed by atoms with Gasteiger partial charge in [0.05, 0.1) is 6.20 Å². The van der Waals surface area contributed by atoms with Crippen LogP contribution in [0.2, 0.25) is 5.02 Å². The summed E-state index contributed by atoms with van der Waals surface area (Å²) in [4.78, 5) is 17.9. The van der Waals surface area contributed by atoms with Crippen molar-refractivity contribution in [3.8, 4) is 0 Å². The molecule has 0 aromatic carbocycles. The highest BCUT2D eigenvalue weighted by molar-refractivity contribution is 6.30. The molecule has 1 aliphatic heterocycles. The monoisotopic (exact) mass is 213 g/mol. The summed E-state index contributed by atoms with van der Waals surface area (Å²) >= 11 is 5.58. The second-order valence-corrected chi connectivity index (χ2v) is 3.98. The third kappa shape index (κ3) is 2.13. The van der Waals surface area contributed by atoms with Crippen molar-refractivity contribution in [1.29, 1.82) is 0 Å². The first-order valence-corrected chi connectivity index (χ1v) is 5.08. The summed E-state index contributed by atoms with van der Waals surface area (Å²) in [7, 11) is 0. The molecule has 1 atom stereocenters. The van der Waals surface area contributed by atoms with Crippen LogP contribution >= 0.6 is 11.6 Å². The molecule has 4 nitrogen and oxygen atoms in total. The van der Waals surface area contributed by atoms with Crippen LogP contribution in [0.25, 0.3) is 0 Å². The van der Waals surface area contributed by atoms with E-state index in [2.05, 4.69) is 15.3 Å². The van der Waals surface area contributed by atoms with Crippen molar-refractivity contribution < 1.29 is 0 Å². The Morgan fingerprint density at radius 1 is 1.64 bits per heavy atom. The first-order chi connectivity index (χ1) is 6.75. The largest absolute Gasteiger partial charge is 0.316 e. The zero-order valence-electron chi connectivity index (χ0n) is 7.72. The number of hydrogen-bond donors (Lipinski definition) is 2. The standard InChI is InChI=1S/C9H12ClN3O/c10-7-5-12-8(13-9(7)14)3-6-1-2-11-4-6/h5-6,11H,1-4H2,(H,12,13,14). The predicted octanol–water partition coefficient (Wildman–Crippen LogP) is 0.575. The molecule has 1 fully saturated rings. The lowest BCUT2D eigenvalue weighted by molar-refractivity contribution is 0.560. The van der Waals surface area contributed by atoms with Crippen LogP contribution in [0.3, 0.4) is 0 Å². The number of H-pyrrole nitrogens is 1. The average Bonchev–Trinajstić information content (AvgIpc) is 2.64. The lowest BCUT2D eigenvalue weighted by Crippen LogP contribution is -2.16. The minimum absolute atomic E-state index is 0.151. The Kier molecular flexibility index (Phi) is 2.84. The smallest absolute Gasteiger partial charge is 0.269 e. The maximum absolute atomic E-state index is 11.2. The molecule has 1 aromatic heterocycles. The minimum Gasteiger partial charge on any atom is -0.316 e. The van der Waals surface area contributed by atoms with Crippen molar-refractivity contribution in [1.82, 2.24) is 15.3 Å². The van der Waals surface area contributed by atoms with Crippen LogP contribution in [0.1, 0.15) is 12.2 Å². The number of aromatic amines is 1. The molecule has 1 unspecified atom stereocenters. The molecule has 1 saturated heterocycles. The van der Waals surface area contributed by atoms with Gasteiger partial charge in [-0.3, -0.25) is 4.79 Å². The van der Waals surface area contributed by atoms with Crippen LogP contribution in [0.4, 0.5) is 0 Å². The molecule has 76 valence electrons. The van der Waals surface area contributed by atoms with Crippen LogP contribution in [0, 0.1) is 5.92 Å². The molecular formula is C9H12ClN3O. The lowest BCUT2D eigenvalue weighted by Gasteiger charge is -2.06. The van der Waals surface area contributed by atoms with Gasteiger partial charge in [-0.1, -0.05) is 11.6 Å². The first kappa shape index (κ1) is 9.68. The molecule has 5 heteroatoms. The van der Waals surface area contributed by atoms with E-state index in [0.717, 1.165) is 31.8 Å². The summed E-state index contributed by atoms with van der Waals surface area (Å²) in [5.41, 5.74) is -0.248. The summed E-state index contributed by atoms with van der Waals surface area (Å²) < 4.78 is 0. The number of halogens is 1. The van der Waals surface area contributed by atoms with E-state index < -0.39 is 0 Å². The highest BCUT2D eigenvalue weighted by Crippen LogP contribution is 2.11. The maximum atomic E-state index is 11.2. The van der Waals surface area contributed by atoms with E-state index in [0.29, 0.717) is 5.92 Å². The van der Waals surface area contributed by atoms with Gasteiger partial charge in [0.2, 0.25) is 0 Å². The number of rotatable bonds is 2. The normalized spacial score (nSPS) is 21.4. The molecule has 0 spiro atoms. The van der Waals surface area contributed by atoms with Gasteiger partial charge in [-0.05, 0) is 25.4 Å². The second kappa shape index (κ2) is 4.11. The van der Waals surface area contributed by atoms with Crippen molar-refractivity contribution in [2.75, 3.05) is 13.1 Å². The van der Waals surface area contributed by atoms with E-state index >= 15 is 0 Å². The Morgan fingerprint density at radius 3 is 3.14 bits per heavy atom. The van der Waals surface area contributed by atoms with Gasteiger partial charge in [0.25, 0.3) is 5.56 Å². The Bertz CT molecular complexity index is 371. The Balaban J connectivity index is 2.09. The third-order valence-corrected chi connectivity index (χ3v) is 2.72. The van der Waals surface area contributed by atoms with Gasteiger partial charge in [0.1, 0.15) is 10.8 Å². The molecule has 1 aliphatic rings. The van der Waals surface area contributed by atoms with Gasteiger partial charge in [-0.2, -0.15) is 0 Å². The van der Waals surface area contributed by atoms with Crippen LogP contribution in [0.15, 0.2) is 11.0 Å². The number of aromatic nitrogens is 2. The fourth-order valence-electron chi connectivity index (χ4n) is 1.68. The number of nitrogens with one attached hydrogen (secondary N) is 2. The summed E-state index contributed by atoms with van der Waals surface area (Å²) in [6.07, 6.45) is 3.38. The molecular weight excluding hydrogens is 202 g/mol. The molecule has 14 heavy (non-hydrogen) atoms. The predicted molar refractivity (Wildman–Crippen MR) is 54.5 cm³/mol. The van der Waals surface area contributed by atoms with Crippen molar-refractivity contribution in [2.24, 2.45) is 5.92 Å². The lowest BCUT2D eigenvalue weighted by atomic mass is 10.1. The zero-order valence-corrected chi connectivity index (χ0v) is 8.47. The highest BCUT2D eigenvalue weighted by Gasteiger charge is 2.15. The molecule has 0 bridgehead atoms. The number of nitrogens with zero attached hydrogens (tertiary/aromatic N) is 1. The summed E-state index contributed by atoms with van der Waals surface area (Å²) in [5, 5.41) is 3.42. The topological polar surface area (TPSA) is 57.8 Å². The fraction of sp³-hybridized carbons (Fsp3) is 0.556. The molecule has 0 saturated carbocycles. The van der Waals surface area contributed by atoms with E-state index in [4.69, 9.17) is 11.6 Å². The molecule has 2 rings (SSSR count). The number of hydrogen-bond acceptors (Lipinski definition) is 3. The molecule has 1 aromatic rings. The van der Waals surface area contributed by atoms with E-state index in [1.165, 1.54) is 6.20 Å². The van der Waals surface area contributed by atoms with Gasteiger partial charge < -0.3 is 10.3 Å². The molecule has 2 N–H and O–H groups in total. The van der Waals surface area contributed by atoms with Crippen LogP contribution < -0.4 is 10.9 Å². The van der Waals surface area contributed by atoms with Crippen molar-refractivity contribution in [3.63, 3.8) is 0 Å². The third-order valence-electron chi connectivity index (χ3n) is 2.45. The van der Waals surface area contributed by atoms with E-state index in [-0.39, 0.29) is 10.6 Å². The average molecular weight is 214 g/mol. The van der Waals surface area contributed by atoms with E-state index in [9.17, 15) is 4.79 Å². The van der Waals surface area contributed by atoms with Crippen LogP contribution in [-0.4, -0.2) is 23.1 Å². The summed E-state index contributed by atoms with van der Waals surface area (Å²) in [6.45, 7) is 2.06. The van der Waals surface area contributed by atoms with Crippen molar-refractivity contribution in [2.45, 2.75) is 12.8 Å². The van der Waals surface area contributed by atoms with Crippen LogP contribution in [0.5, 0.6) is 0 Å².